The topological polar surface area (TPSA) is 38.1 Å². The third-order valence-electron chi connectivity index (χ3n) is 2.67. The molecular formula is C12H20BrN3O. The number of hydrogen-bond donors (Lipinski definition) is 0. The molecule has 1 aromatic heterocycles. The molecule has 96 valence electrons. The minimum Gasteiger partial charge on any atom is -0.338 e. The second-order valence-corrected chi connectivity index (χ2v) is 4.93. The quantitative estimate of drug-likeness (QED) is 0.757. The molecule has 4 nitrogen and oxygen atoms in total. The van der Waals surface area contributed by atoms with E-state index in [1.807, 2.05) is 18.9 Å². The summed E-state index contributed by atoms with van der Waals surface area (Å²) in [5.74, 6) is 0.0866. The Balaban J connectivity index is 2.79. The van der Waals surface area contributed by atoms with Crippen LogP contribution in [0.3, 0.4) is 0 Å². The van der Waals surface area contributed by atoms with Gasteiger partial charge in [-0.25, -0.2) is 0 Å². The molecule has 1 amide bonds. The highest BCUT2D eigenvalue weighted by atomic mass is 79.9. The van der Waals surface area contributed by atoms with Crippen LogP contribution in [0.15, 0.2) is 6.20 Å². The summed E-state index contributed by atoms with van der Waals surface area (Å²) < 4.78 is 1.69. The first kappa shape index (κ1) is 14.2. The van der Waals surface area contributed by atoms with Crippen molar-refractivity contribution in [2.24, 2.45) is 7.05 Å². The van der Waals surface area contributed by atoms with Gasteiger partial charge in [-0.1, -0.05) is 29.3 Å². The van der Waals surface area contributed by atoms with E-state index in [9.17, 15) is 4.79 Å². The van der Waals surface area contributed by atoms with E-state index in [1.165, 1.54) is 0 Å². The molecule has 5 heteroatoms. The summed E-state index contributed by atoms with van der Waals surface area (Å²) in [7, 11) is 1.84. The van der Waals surface area contributed by atoms with E-state index in [1.54, 1.807) is 10.9 Å². The monoisotopic (exact) mass is 301 g/mol. The molecule has 1 heterocycles. The molecule has 0 aliphatic carbocycles. The summed E-state index contributed by atoms with van der Waals surface area (Å²) in [6.45, 7) is 5.56. The van der Waals surface area contributed by atoms with Crippen molar-refractivity contribution in [1.29, 1.82) is 0 Å². The molecule has 17 heavy (non-hydrogen) atoms. The maximum Gasteiger partial charge on any atom is 0.257 e. The Morgan fingerprint density at radius 3 is 2.71 bits per heavy atom. The lowest BCUT2D eigenvalue weighted by atomic mass is 10.2. The van der Waals surface area contributed by atoms with E-state index in [-0.39, 0.29) is 5.91 Å². The normalized spacial score (nSPS) is 10.6. The van der Waals surface area contributed by atoms with Crippen LogP contribution in [-0.2, 0) is 7.05 Å². The number of alkyl halides is 1. The largest absolute Gasteiger partial charge is 0.338 e. The van der Waals surface area contributed by atoms with Crippen LogP contribution in [0.2, 0.25) is 0 Å². The van der Waals surface area contributed by atoms with Crippen molar-refractivity contribution in [3.63, 3.8) is 0 Å². The summed E-state index contributed by atoms with van der Waals surface area (Å²) in [5.41, 5.74) is 1.51. The summed E-state index contributed by atoms with van der Waals surface area (Å²) >= 11 is 3.39. The van der Waals surface area contributed by atoms with Crippen molar-refractivity contribution in [3.05, 3.63) is 17.5 Å². The number of nitrogens with zero attached hydrogens (tertiary/aromatic N) is 3. The van der Waals surface area contributed by atoms with E-state index in [2.05, 4.69) is 28.0 Å². The molecule has 0 aromatic carbocycles. The molecule has 0 bridgehead atoms. The maximum absolute atomic E-state index is 12.3. The van der Waals surface area contributed by atoms with Gasteiger partial charge in [-0.15, -0.1) is 0 Å². The van der Waals surface area contributed by atoms with Crippen LogP contribution >= 0.6 is 15.9 Å². The molecule has 0 aliphatic heterocycles. The van der Waals surface area contributed by atoms with Crippen LogP contribution < -0.4 is 0 Å². The van der Waals surface area contributed by atoms with E-state index in [0.717, 1.165) is 37.0 Å². The molecule has 0 N–H and O–H groups in total. The lowest BCUT2D eigenvalue weighted by molar-refractivity contribution is 0.0763. The Morgan fingerprint density at radius 1 is 1.53 bits per heavy atom. The zero-order valence-electron chi connectivity index (χ0n) is 10.7. The lowest BCUT2D eigenvalue weighted by Gasteiger charge is -2.21. The Hall–Kier alpha value is -0.840. The molecule has 0 unspecified atom stereocenters. The van der Waals surface area contributed by atoms with Crippen molar-refractivity contribution in [1.82, 2.24) is 14.7 Å². The van der Waals surface area contributed by atoms with Crippen LogP contribution in [0.1, 0.15) is 35.8 Å². The highest BCUT2D eigenvalue weighted by Crippen LogP contribution is 2.10. The number of carbonyl (C=O) groups excluding carboxylic acids is 1. The number of halogens is 1. The lowest BCUT2D eigenvalue weighted by Crippen LogP contribution is -2.33. The SMILES string of the molecule is CCCCN(CCBr)C(=O)c1cn(C)nc1C. The van der Waals surface area contributed by atoms with Gasteiger partial charge in [-0.3, -0.25) is 9.48 Å². The zero-order valence-corrected chi connectivity index (χ0v) is 12.3. The van der Waals surface area contributed by atoms with E-state index in [4.69, 9.17) is 0 Å². The third-order valence-corrected chi connectivity index (χ3v) is 3.02. The summed E-state index contributed by atoms with van der Waals surface area (Å²) in [4.78, 5) is 14.2. The number of amides is 1. The molecule has 0 saturated heterocycles. The zero-order chi connectivity index (χ0) is 12.8. The van der Waals surface area contributed by atoms with Crippen molar-refractivity contribution in [2.75, 3.05) is 18.4 Å². The Morgan fingerprint density at radius 2 is 2.24 bits per heavy atom. The van der Waals surface area contributed by atoms with Crippen LogP contribution in [0, 0.1) is 6.92 Å². The molecule has 0 spiro atoms. The predicted molar refractivity (Wildman–Crippen MR) is 72.6 cm³/mol. The van der Waals surface area contributed by atoms with Gasteiger partial charge in [0.05, 0.1) is 11.3 Å². The number of aryl methyl sites for hydroxylation is 2. The Bertz CT molecular complexity index is 376. The van der Waals surface area contributed by atoms with Crippen molar-refractivity contribution >= 4 is 21.8 Å². The fourth-order valence-corrected chi connectivity index (χ4v) is 2.17. The number of unbranched alkanes of at least 4 members (excludes halogenated alkanes) is 1. The van der Waals surface area contributed by atoms with Gasteiger partial charge in [0.15, 0.2) is 0 Å². The van der Waals surface area contributed by atoms with Gasteiger partial charge in [-0.05, 0) is 13.3 Å². The average Bonchev–Trinajstić information content (AvgIpc) is 2.63. The predicted octanol–water partition coefficient (Wildman–Crippen LogP) is 2.37. The smallest absolute Gasteiger partial charge is 0.257 e. The summed E-state index contributed by atoms with van der Waals surface area (Å²) in [6.07, 6.45) is 3.93. The Kier molecular flexibility index (Phi) is 5.68. The summed E-state index contributed by atoms with van der Waals surface area (Å²) in [6, 6.07) is 0. The van der Waals surface area contributed by atoms with Crippen LogP contribution in [0.4, 0.5) is 0 Å². The number of aromatic nitrogens is 2. The third kappa shape index (κ3) is 3.84. The molecule has 0 radical (unpaired) electrons. The van der Waals surface area contributed by atoms with Gasteiger partial charge in [0.2, 0.25) is 0 Å². The van der Waals surface area contributed by atoms with Gasteiger partial charge in [0.1, 0.15) is 0 Å². The first-order chi connectivity index (χ1) is 8.10. The second-order valence-electron chi connectivity index (χ2n) is 4.14. The first-order valence-corrected chi connectivity index (χ1v) is 7.07. The van der Waals surface area contributed by atoms with Gasteiger partial charge in [0, 0.05) is 31.7 Å². The number of carbonyl (C=O) groups is 1. The molecular weight excluding hydrogens is 282 g/mol. The van der Waals surface area contributed by atoms with Crippen LogP contribution in [0.5, 0.6) is 0 Å². The minimum atomic E-state index is 0.0866. The number of rotatable bonds is 6. The van der Waals surface area contributed by atoms with Gasteiger partial charge >= 0.3 is 0 Å². The van der Waals surface area contributed by atoms with Crippen molar-refractivity contribution in [2.45, 2.75) is 26.7 Å². The van der Waals surface area contributed by atoms with Crippen LogP contribution in [-0.4, -0.2) is 39.0 Å². The fraction of sp³-hybridized carbons (Fsp3) is 0.667. The van der Waals surface area contributed by atoms with E-state index >= 15 is 0 Å². The highest BCUT2D eigenvalue weighted by molar-refractivity contribution is 9.09. The Labute approximate surface area is 111 Å². The maximum atomic E-state index is 12.3. The summed E-state index contributed by atoms with van der Waals surface area (Å²) in [5, 5.41) is 5.02. The first-order valence-electron chi connectivity index (χ1n) is 5.95. The minimum absolute atomic E-state index is 0.0866. The molecule has 1 rings (SSSR count). The van der Waals surface area contributed by atoms with Gasteiger partial charge < -0.3 is 4.90 Å². The number of hydrogen-bond acceptors (Lipinski definition) is 2. The molecule has 0 saturated carbocycles. The second kappa shape index (κ2) is 6.79. The van der Waals surface area contributed by atoms with Crippen LogP contribution in [0.25, 0.3) is 0 Å². The standard InChI is InChI=1S/C12H20BrN3O/c1-4-5-7-16(8-6-13)12(17)11-9-15(3)14-10(11)2/h9H,4-8H2,1-3H3. The van der Waals surface area contributed by atoms with Gasteiger partial charge in [-0.2, -0.15) is 5.10 Å². The van der Waals surface area contributed by atoms with E-state index < -0.39 is 0 Å². The fourth-order valence-electron chi connectivity index (χ4n) is 1.75. The van der Waals surface area contributed by atoms with Gasteiger partial charge in [0.25, 0.3) is 5.91 Å². The molecule has 1 aromatic rings. The van der Waals surface area contributed by atoms with Crippen molar-refractivity contribution < 1.29 is 4.79 Å². The van der Waals surface area contributed by atoms with Crippen molar-refractivity contribution in [3.8, 4) is 0 Å². The molecule has 0 atom stereocenters. The highest BCUT2D eigenvalue weighted by Gasteiger charge is 2.18. The molecule has 0 fully saturated rings. The average molecular weight is 302 g/mol. The van der Waals surface area contributed by atoms with E-state index in [0.29, 0.717) is 5.56 Å². The molecule has 0 aliphatic rings.